The standard InChI is InChI=1S/C19H22N2O2/c1-4-20(17-10-6-5-7-11-17)19(23)14-21(16(3)22)18-12-8-9-15(2)13-18/h5-13H,4,14H2,1-3H3. The molecule has 0 bridgehead atoms. The number of hydrogen-bond donors (Lipinski definition) is 0. The minimum absolute atomic E-state index is 0.0293. The van der Waals surface area contributed by atoms with E-state index in [2.05, 4.69) is 0 Å². The highest BCUT2D eigenvalue weighted by Gasteiger charge is 2.20. The summed E-state index contributed by atoms with van der Waals surface area (Å²) in [6, 6.07) is 17.1. The Labute approximate surface area is 137 Å². The number of aryl methyl sites for hydroxylation is 1. The first-order chi connectivity index (χ1) is 11.0. The molecule has 0 heterocycles. The summed E-state index contributed by atoms with van der Waals surface area (Å²) in [7, 11) is 0. The summed E-state index contributed by atoms with van der Waals surface area (Å²) in [5.74, 6) is -0.247. The quantitative estimate of drug-likeness (QED) is 0.849. The summed E-state index contributed by atoms with van der Waals surface area (Å²) in [5.41, 5.74) is 2.64. The summed E-state index contributed by atoms with van der Waals surface area (Å²) in [6.07, 6.45) is 0. The largest absolute Gasteiger partial charge is 0.311 e. The van der Waals surface area contributed by atoms with Crippen molar-refractivity contribution in [2.75, 3.05) is 22.9 Å². The Kier molecular flexibility index (Phi) is 5.52. The normalized spacial score (nSPS) is 10.2. The number of rotatable bonds is 5. The maximum atomic E-state index is 12.7. The molecule has 4 nitrogen and oxygen atoms in total. The minimum Gasteiger partial charge on any atom is -0.311 e. The van der Waals surface area contributed by atoms with Crippen LogP contribution in [-0.4, -0.2) is 24.9 Å². The van der Waals surface area contributed by atoms with E-state index in [1.165, 1.54) is 11.8 Å². The molecule has 0 aromatic heterocycles. The third kappa shape index (κ3) is 4.19. The molecule has 0 aliphatic carbocycles. The Morgan fingerprint density at radius 1 is 0.913 bits per heavy atom. The van der Waals surface area contributed by atoms with Gasteiger partial charge in [0.15, 0.2) is 0 Å². The van der Waals surface area contributed by atoms with Crippen molar-refractivity contribution in [3.63, 3.8) is 0 Å². The number of hydrogen-bond acceptors (Lipinski definition) is 2. The van der Waals surface area contributed by atoms with Gasteiger partial charge in [-0.15, -0.1) is 0 Å². The molecule has 0 saturated carbocycles. The summed E-state index contributed by atoms with van der Waals surface area (Å²) >= 11 is 0. The molecule has 0 saturated heterocycles. The van der Waals surface area contributed by atoms with Crippen molar-refractivity contribution in [1.29, 1.82) is 0 Å². The van der Waals surface area contributed by atoms with E-state index >= 15 is 0 Å². The lowest BCUT2D eigenvalue weighted by Gasteiger charge is -2.26. The number of nitrogens with zero attached hydrogens (tertiary/aromatic N) is 2. The van der Waals surface area contributed by atoms with Crippen LogP contribution in [0.25, 0.3) is 0 Å². The topological polar surface area (TPSA) is 40.6 Å². The molecule has 2 amide bonds. The lowest BCUT2D eigenvalue weighted by molar-refractivity contribution is -0.121. The van der Waals surface area contributed by atoms with E-state index in [-0.39, 0.29) is 18.4 Å². The van der Waals surface area contributed by atoms with Gasteiger partial charge in [-0.2, -0.15) is 0 Å². The highest BCUT2D eigenvalue weighted by atomic mass is 16.2. The number of para-hydroxylation sites is 1. The zero-order chi connectivity index (χ0) is 16.8. The Morgan fingerprint density at radius 2 is 1.57 bits per heavy atom. The number of carbonyl (C=O) groups is 2. The van der Waals surface area contributed by atoms with Crippen LogP contribution in [0.5, 0.6) is 0 Å². The van der Waals surface area contributed by atoms with Crippen molar-refractivity contribution >= 4 is 23.2 Å². The average molecular weight is 310 g/mol. The van der Waals surface area contributed by atoms with Crippen molar-refractivity contribution in [3.8, 4) is 0 Å². The monoisotopic (exact) mass is 310 g/mol. The van der Waals surface area contributed by atoms with Gasteiger partial charge in [0, 0.05) is 24.8 Å². The van der Waals surface area contributed by atoms with Crippen LogP contribution < -0.4 is 9.80 Å². The Hall–Kier alpha value is -2.62. The molecule has 0 fully saturated rings. The summed E-state index contributed by atoms with van der Waals surface area (Å²) in [4.78, 5) is 27.9. The molecule has 120 valence electrons. The number of benzene rings is 2. The van der Waals surface area contributed by atoms with Gasteiger partial charge in [-0.1, -0.05) is 30.3 Å². The molecule has 0 aliphatic heterocycles. The van der Waals surface area contributed by atoms with E-state index in [1.54, 1.807) is 4.90 Å². The molecule has 0 spiro atoms. The molecule has 2 aromatic rings. The predicted molar refractivity (Wildman–Crippen MR) is 93.7 cm³/mol. The van der Waals surface area contributed by atoms with Crippen LogP contribution >= 0.6 is 0 Å². The maximum absolute atomic E-state index is 12.7. The molecular formula is C19H22N2O2. The molecule has 0 aliphatic rings. The van der Waals surface area contributed by atoms with Gasteiger partial charge in [-0.3, -0.25) is 9.59 Å². The SMILES string of the molecule is CCN(C(=O)CN(C(C)=O)c1cccc(C)c1)c1ccccc1. The predicted octanol–water partition coefficient (Wildman–Crippen LogP) is 3.40. The van der Waals surface area contributed by atoms with Gasteiger partial charge in [0.2, 0.25) is 11.8 Å². The van der Waals surface area contributed by atoms with E-state index in [9.17, 15) is 9.59 Å². The molecule has 4 heteroatoms. The van der Waals surface area contributed by atoms with E-state index in [1.807, 2.05) is 68.4 Å². The first kappa shape index (κ1) is 16.7. The lowest BCUT2D eigenvalue weighted by Crippen LogP contribution is -2.42. The van der Waals surface area contributed by atoms with Gasteiger partial charge in [0.1, 0.15) is 6.54 Å². The van der Waals surface area contributed by atoms with Gasteiger partial charge >= 0.3 is 0 Å². The van der Waals surface area contributed by atoms with E-state index in [4.69, 9.17) is 0 Å². The van der Waals surface area contributed by atoms with Crippen molar-refractivity contribution in [1.82, 2.24) is 0 Å². The van der Waals surface area contributed by atoms with Gasteiger partial charge in [0.25, 0.3) is 0 Å². The van der Waals surface area contributed by atoms with Crippen molar-refractivity contribution < 1.29 is 9.59 Å². The van der Waals surface area contributed by atoms with Crippen LogP contribution in [0.4, 0.5) is 11.4 Å². The Bertz CT molecular complexity index is 683. The second-order valence-corrected chi connectivity index (χ2v) is 5.42. The second kappa shape index (κ2) is 7.58. The summed E-state index contributed by atoms with van der Waals surface area (Å²) in [6.45, 7) is 5.96. The van der Waals surface area contributed by atoms with Gasteiger partial charge in [-0.25, -0.2) is 0 Å². The van der Waals surface area contributed by atoms with E-state index < -0.39 is 0 Å². The van der Waals surface area contributed by atoms with Gasteiger partial charge in [-0.05, 0) is 43.7 Å². The van der Waals surface area contributed by atoms with Crippen LogP contribution in [-0.2, 0) is 9.59 Å². The molecule has 0 unspecified atom stereocenters. The number of anilines is 2. The lowest BCUT2D eigenvalue weighted by atomic mass is 10.2. The van der Waals surface area contributed by atoms with E-state index in [0.717, 1.165) is 16.9 Å². The van der Waals surface area contributed by atoms with Crippen LogP contribution in [0.15, 0.2) is 54.6 Å². The smallest absolute Gasteiger partial charge is 0.247 e. The Morgan fingerprint density at radius 3 is 2.13 bits per heavy atom. The van der Waals surface area contributed by atoms with Crippen LogP contribution in [0.2, 0.25) is 0 Å². The minimum atomic E-state index is -0.145. The zero-order valence-corrected chi connectivity index (χ0v) is 13.8. The number of carbonyl (C=O) groups excluding carboxylic acids is 2. The molecule has 0 radical (unpaired) electrons. The fourth-order valence-corrected chi connectivity index (χ4v) is 2.51. The van der Waals surface area contributed by atoms with Gasteiger partial charge in [0.05, 0.1) is 0 Å². The second-order valence-electron chi connectivity index (χ2n) is 5.42. The first-order valence-electron chi connectivity index (χ1n) is 7.73. The fraction of sp³-hybridized carbons (Fsp3) is 0.263. The average Bonchev–Trinajstić information content (AvgIpc) is 2.54. The maximum Gasteiger partial charge on any atom is 0.247 e. The van der Waals surface area contributed by atoms with Crippen LogP contribution in [0, 0.1) is 6.92 Å². The van der Waals surface area contributed by atoms with Crippen LogP contribution in [0.1, 0.15) is 19.4 Å². The molecular weight excluding hydrogens is 288 g/mol. The first-order valence-corrected chi connectivity index (χ1v) is 7.73. The Balaban J connectivity index is 2.22. The summed E-state index contributed by atoms with van der Waals surface area (Å²) < 4.78 is 0. The molecule has 23 heavy (non-hydrogen) atoms. The third-order valence-electron chi connectivity index (χ3n) is 3.67. The number of likely N-dealkylation sites (N-methyl/N-ethyl adjacent to an activating group) is 1. The third-order valence-corrected chi connectivity index (χ3v) is 3.67. The highest BCUT2D eigenvalue weighted by Crippen LogP contribution is 2.18. The van der Waals surface area contributed by atoms with Crippen molar-refractivity contribution in [2.45, 2.75) is 20.8 Å². The summed E-state index contributed by atoms with van der Waals surface area (Å²) in [5, 5.41) is 0. The van der Waals surface area contributed by atoms with Crippen LogP contribution in [0.3, 0.4) is 0 Å². The van der Waals surface area contributed by atoms with E-state index in [0.29, 0.717) is 6.54 Å². The molecule has 0 atom stereocenters. The fourth-order valence-electron chi connectivity index (χ4n) is 2.51. The number of amides is 2. The van der Waals surface area contributed by atoms with Crippen molar-refractivity contribution in [3.05, 3.63) is 60.2 Å². The van der Waals surface area contributed by atoms with Crippen molar-refractivity contribution in [2.24, 2.45) is 0 Å². The molecule has 2 rings (SSSR count). The zero-order valence-electron chi connectivity index (χ0n) is 13.8. The molecule has 0 N–H and O–H groups in total. The van der Waals surface area contributed by atoms with Gasteiger partial charge < -0.3 is 9.80 Å². The highest BCUT2D eigenvalue weighted by molar-refractivity contribution is 6.03. The molecule has 2 aromatic carbocycles.